The van der Waals surface area contributed by atoms with Crippen LogP contribution in [0.2, 0.25) is 0 Å². The molecule has 0 fully saturated rings. The molecule has 48 heavy (non-hydrogen) atoms. The molecule has 0 heterocycles. The number of primary amides is 1. The van der Waals surface area contributed by atoms with Gasteiger partial charge in [-0.3, -0.25) is 33.6 Å². The quantitative estimate of drug-likeness (QED) is 0.0973. The normalized spacial score (nSPS) is 13.8. The minimum absolute atomic E-state index is 0.00773. The molecule has 0 bridgehead atoms. The van der Waals surface area contributed by atoms with Gasteiger partial charge in [0.25, 0.3) is 0 Å². The van der Waals surface area contributed by atoms with E-state index in [1.165, 1.54) is 19.1 Å². The van der Waals surface area contributed by atoms with Gasteiger partial charge in [0.2, 0.25) is 35.4 Å². The molecule has 15 heteroatoms. The Kier molecular flexibility index (Phi) is 15.5. The lowest BCUT2D eigenvalue weighted by atomic mass is 9.97. The Hall–Kier alpha value is -5.47. The molecule has 260 valence electrons. The fraction of sp³-hybridized carbons (Fsp3) is 0.424. The Labute approximate surface area is 278 Å². The van der Waals surface area contributed by atoms with E-state index in [4.69, 9.17) is 5.73 Å². The van der Waals surface area contributed by atoms with Crippen LogP contribution in [0.1, 0.15) is 51.2 Å². The average Bonchev–Trinajstić information content (AvgIpc) is 3.04. The molecule has 0 spiro atoms. The van der Waals surface area contributed by atoms with Crippen LogP contribution in [0.5, 0.6) is 5.75 Å². The van der Waals surface area contributed by atoms with Gasteiger partial charge in [-0.25, -0.2) is 0 Å². The molecular weight excluding hydrogens is 624 g/mol. The van der Waals surface area contributed by atoms with E-state index in [1.54, 1.807) is 49.4 Å². The minimum atomic E-state index is -1.38. The Bertz CT molecular complexity index is 1430. The molecule has 6 amide bonds. The zero-order chi connectivity index (χ0) is 35.8. The molecule has 0 aliphatic rings. The summed E-state index contributed by atoms with van der Waals surface area (Å²) in [6.07, 6.45) is -0.233. The summed E-state index contributed by atoms with van der Waals surface area (Å²) in [5.41, 5.74) is 6.76. The summed E-state index contributed by atoms with van der Waals surface area (Å²) >= 11 is 0. The summed E-state index contributed by atoms with van der Waals surface area (Å²) in [4.78, 5) is 87.7. The minimum Gasteiger partial charge on any atom is -0.508 e. The van der Waals surface area contributed by atoms with Gasteiger partial charge in [-0.15, -0.1) is 0 Å². The van der Waals surface area contributed by atoms with Crippen LogP contribution < -0.4 is 32.3 Å². The lowest BCUT2D eigenvalue weighted by Gasteiger charge is -2.26. The van der Waals surface area contributed by atoms with Crippen molar-refractivity contribution in [2.45, 2.75) is 77.0 Å². The Balaban J connectivity index is 2.16. The zero-order valence-electron chi connectivity index (χ0n) is 27.2. The van der Waals surface area contributed by atoms with E-state index in [0.717, 1.165) is 0 Å². The number of nitrogens with two attached hydrogens (primary N) is 1. The van der Waals surface area contributed by atoms with Crippen molar-refractivity contribution in [3.63, 3.8) is 0 Å². The Morgan fingerprint density at radius 1 is 0.750 bits per heavy atom. The predicted molar refractivity (Wildman–Crippen MR) is 174 cm³/mol. The molecule has 2 aromatic rings. The molecule has 9 N–H and O–H groups in total. The summed E-state index contributed by atoms with van der Waals surface area (Å²) in [5, 5.41) is 31.3. The number of phenolic OH excluding ortho intramolecular Hbond substituents is 1. The topological polar surface area (TPSA) is 246 Å². The predicted octanol–water partition coefficient (Wildman–Crippen LogP) is -0.351. The third kappa shape index (κ3) is 13.5. The third-order valence-corrected chi connectivity index (χ3v) is 7.53. The number of hydrogen-bond donors (Lipinski definition) is 8. The molecule has 15 nitrogen and oxygen atoms in total. The maximum Gasteiger partial charge on any atom is 0.303 e. The van der Waals surface area contributed by atoms with Crippen molar-refractivity contribution in [2.75, 3.05) is 6.54 Å². The van der Waals surface area contributed by atoms with Crippen molar-refractivity contribution in [1.82, 2.24) is 26.6 Å². The second-order valence-electron chi connectivity index (χ2n) is 11.4. The van der Waals surface area contributed by atoms with Crippen molar-refractivity contribution in [3.8, 4) is 5.75 Å². The van der Waals surface area contributed by atoms with E-state index in [2.05, 4.69) is 26.6 Å². The van der Waals surface area contributed by atoms with Gasteiger partial charge in [0.15, 0.2) is 0 Å². The van der Waals surface area contributed by atoms with Gasteiger partial charge in [-0.05, 0) is 35.6 Å². The lowest BCUT2D eigenvalue weighted by molar-refractivity contribution is -0.138. The van der Waals surface area contributed by atoms with Crippen LogP contribution in [0.4, 0.5) is 0 Å². The molecule has 0 saturated heterocycles. The summed E-state index contributed by atoms with van der Waals surface area (Å²) in [6, 6.07) is 9.96. The van der Waals surface area contributed by atoms with Crippen molar-refractivity contribution >= 4 is 41.4 Å². The second-order valence-corrected chi connectivity index (χ2v) is 11.4. The van der Waals surface area contributed by atoms with Crippen LogP contribution in [0.25, 0.3) is 0 Å². The number of benzene rings is 2. The molecular formula is C33H44N6O9. The van der Waals surface area contributed by atoms with Crippen molar-refractivity contribution < 1.29 is 43.8 Å². The van der Waals surface area contributed by atoms with Gasteiger partial charge < -0.3 is 42.5 Å². The molecule has 0 unspecified atom stereocenters. The molecule has 0 aromatic heterocycles. The molecule has 2 rings (SSSR count). The van der Waals surface area contributed by atoms with E-state index < -0.39 is 78.5 Å². The maximum atomic E-state index is 13.3. The van der Waals surface area contributed by atoms with Crippen LogP contribution in [0.3, 0.4) is 0 Å². The van der Waals surface area contributed by atoms with Crippen LogP contribution in [0, 0.1) is 5.92 Å². The number of aromatic hydroxyl groups is 1. The van der Waals surface area contributed by atoms with Gasteiger partial charge in [0.1, 0.15) is 29.9 Å². The smallest absolute Gasteiger partial charge is 0.303 e. The first-order valence-electron chi connectivity index (χ1n) is 15.5. The van der Waals surface area contributed by atoms with Gasteiger partial charge in [0, 0.05) is 26.2 Å². The number of carbonyl (C=O) groups is 7. The fourth-order valence-corrected chi connectivity index (χ4v) is 4.68. The van der Waals surface area contributed by atoms with Crippen LogP contribution in [0.15, 0.2) is 54.6 Å². The number of carboxylic acids is 1. The van der Waals surface area contributed by atoms with Crippen molar-refractivity contribution in [1.29, 1.82) is 0 Å². The highest BCUT2D eigenvalue weighted by Crippen LogP contribution is 2.13. The van der Waals surface area contributed by atoms with Gasteiger partial charge >= 0.3 is 5.97 Å². The summed E-state index contributed by atoms with van der Waals surface area (Å²) in [5.74, 6) is -5.85. The van der Waals surface area contributed by atoms with Gasteiger partial charge in [0.05, 0.1) is 6.54 Å². The third-order valence-electron chi connectivity index (χ3n) is 7.53. The standard InChI is InChI=1S/C33H44N6O9/c1-4-19(2)29(36-20(3)40)33(48)39-26(17-22-10-12-23(41)13-11-22)31(46)35-18-27(42)37-24(14-15-28(43)44)32(47)38-25(30(34)45)16-21-8-6-5-7-9-21/h5-13,19,24-26,29,41H,4,14-18H2,1-3H3,(H2,34,45)(H,35,46)(H,36,40)(H,37,42)(H,38,47)(H,39,48)(H,43,44)/t19-,24-,25-,26+,29-/m0/s1. The van der Waals surface area contributed by atoms with E-state index in [9.17, 15) is 43.8 Å². The first-order chi connectivity index (χ1) is 22.7. The monoisotopic (exact) mass is 668 g/mol. The molecule has 2 aromatic carbocycles. The molecule has 0 aliphatic carbocycles. The van der Waals surface area contributed by atoms with E-state index in [0.29, 0.717) is 17.5 Å². The van der Waals surface area contributed by atoms with Gasteiger partial charge in [-0.2, -0.15) is 0 Å². The highest BCUT2D eigenvalue weighted by molar-refractivity contribution is 5.95. The highest BCUT2D eigenvalue weighted by Gasteiger charge is 2.30. The summed E-state index contributed by atoms with van der Waals surface area (Å²) in [6.45, 7) is 4.22. The highest BCUT2D eigenvalue weighted by atomic mass is 16.4. The van der Waals surface area contributed by atoms with Gasteiger partial charge in [-0.1, -0.05) is 62.7 Å². The molecule has 5 atom stereocenters. The molecule has 0 saturated carbocycles. The number of carbonyl (C=O) groups excluding carboxylic acids is 6. The fourth-order valence-electron chi connectivity index (χ4n) is 4.68. The van der Waals surface area contributed by atoms with E-state index in [-0.39, 0.29) is 30.9 Å². The average molecular weight is 669 g/mol. The van der Waals surface area contributed by atoms with E-state index >= 15 is 0 Å². The first-order valence-corrected chi connectivity index (χ1v) is 15.5. The van der Waals surface area contributed by atoms with Crippen molar-refractivity contribution in [3.05, 3.63) is 65.7 Å². The number of nitrogens with one attached hydrogen (secondary N) is 5. The summed E-state index contributed by atoms with van der Waals surface area (Å²) in [7, 11) is 0. The number of carboxylic acid groups (broad SMARTS) is 1. The van der Waals surface area contributed by atoms with Crippen LogP contribution in [-0.2, 0) is 46.4 Å². The first kappa shape index (κ1) is 38.7. The number of aliphatic carboxylic acids is 1. The zero-order valence-corrected chi connectivity index (χ0v) is 27.2. The van der Waals surface area contributed by atoms with Crippen LogP contribution in [-0.4, -0.2) is 82.3 Å². The molecule has 0 radical (unpaired) electrons. The largest absolute Gasteiger partial charge is 0.508 e. The number of hydrogen-bond acceptors (Lipinski definition) is 8. The number of rotatable bonds is 19. The number of phenols is 1. The second kappa shape index (κ2) is 19.3. The maximum absolute atomic E-state index is 13.3. The Morgan fingerprint density at radius 3 is 1.90 bits per heavy atom. The van der Waals surface area contributed by atoms with Crippen molar-refractivity contribution in [2.24, 2.45) is 11.7 Å². The molecule has 0 aliphatic heterocycles. The van der Waals surface area contributed by atoms with E-state index in [1.807, 2.05) is 6.92 Å². The number of amides is 6. The Morgan fingerprint density at radius 2 is 1.33 bits per heavy atom. The SMILES string of the molecule is CC[C@H](C)[C@H](NC(C)=O)C(=O)N[C@H](Cc1ccc(O)cc1)C(=O)NCC(=O)N[C@@H](CCC(=O)O)C(=O)N[C@@H](Cc1ccccc1)C(N)=O. The van der Waals surface area contributed by atoms with Crippen LogP contribution >= 0.6 is 0 Å². The summed E-state index contributed by atoms with van der Waals surface area (Å²) < 4.78 is 0. The lowest BCUT2D eigenvalue weighted by Crippen LogP contribution is -2.57.